The van der Waals surface area contributed by atoms with E-state index in [1.807, 2.05) is 13.0 Å². The number of furan rings is 1. The van der Waals surface area contributed by atoms with Crippen LogP contribution in [0.25, 0.3) is 0 Å². The van der Waals surface area contributed by atoms with E-state index in [0.29, 0.717) is 12.3 Å². The molecule has 0 aliphatic heterocycles. The fourth-order valence-corrected chi connectivity index (χ4v) is 1.56. The maximum Gasteiger partial charge on any atom is 0.162 e. The fourth-order valence-electron chi connectivity index (χ4n) is 1.56. The molecule has 0 aliphatic carbocycles. The third kappa shape index (κ3) is 3.79. The van der Waals surface area contributed by atoms with E-state index < -0.39 is 11.6 Å². The second-order valence-electron chi connectivity index (χ2n) is 4.01. The van der Waals surface area contributed by atoms with Crippen LogP contribution in [0.4, 0.5) is 8.78 Å². The number of hydrogen-bond acceptors (Lipinski definition) is 3. The molecule has 1 N–H and O–H groups in total. The van der Waals surface area contributed by atoms with Gasteiger partial charge in [-0.2, -0.15) is 0 Å². The average Bonchev–Trinajstić information content (AvgIpc) is 2.86. The summed E-state index contributed by atoms with van der Waals surface area (Å²) in [6.45, 7) is 3.70. The number of hydrogen-bond donors (Lipinski definition) is 1. The summed E-state index contributed by atoms with van der Waals surface area (Å²) < 4.78 is 36.5. The highest BCUT2D eigenvalue weighted by Gasteiger charge is 2.05. The zero-order chi connectivity index (χ0) is 13.7. The van der Waals surface area contributed by atoms with Crippen molar-refractivity contribution in [2.75, 3.05) is 6.54 Å². The number of halogens is 2. The average molecular weight is 267 g/mol. The Balaban J connectivity index is 1.91. The van der Waals surface area contributed by atoms with Gasteiger partial charge in [0.05, 0.1) is 6.54 Å². The van der Waals surface area contributed by atoms with Crippen molar-refractivity contribution in [2.24, 2.45) is 0 Å². The number of nitrogens with one attached hydrogen (secondary N) is 1. The minimum atomic E-state index is -0.926. The highest BCUT2D eigenvalue weighted by Crippen LogP contribution is 2.17. The monoisotopic (exact) mass is 267 g/mol. The molecule has 0 bridgehead atoms. The van der Waals surface area contributed by atoms with Gasteiger partial charge >= 0.3 is 0 Å². The van der Waals surface area contributed by atoms with Gasteiger partial charge in [0.2, 0.25) is 0 Å². The maximum atomic E-state index is 13.0. The van der Waals surface area contributed by atoms with E-state index in [0.717, 1.165) is 24.4 Å². The summed E-state index contributed by atoms with van der Waals surface area (Å²) in [7, 11) is 0. The minimum absolute atomic E-state index is 0.178. The molecule has 19 heavy (non-hydrogen) atoms. The molecule has 1 aromatic carbocycles. The first-order chi connectivity index (χ1) is 9.19. The Morgan fingerprint density at radius 1 is 1.11 bits per heavy atom. The summed E-state index contributed by atoms with van der Waals surface area (Å²) in [4.78, 5) is 0. The standard InChI is InChI=1S/C14H15F2NO2/c1-2-17-8-11-3-4-12(19-11)9-18-10-5-6-13(15)14(16)7-10/h3-7,17H,2,8-9H2,1H3. The van der Waals surface area contributed by atoms with Crippen molar-refractivity contribution in [2.45, 2.75) is 20.1 Å². The lowest BCUT2D eigenvalue weighted by Crippen LogP contribution is -2.10. The van der Waals surface area contributed by atoms with Crippen LogP contribution >= 0.6 is 0 Å². The zero-order valence-corrected chi connectivity index (χ0v) is 10.6. The third-order valence-electron chi connectivity index (χ3n) is 2.54. The molecule has 0 aliphatic rings. The highest BCUT2D eigenvalue weighted by molar-refractivity contribution is 5.23. The molecule has 0 atom stereocenters. The topological polar surface area (TPSA) is 34.4 Å². The van der Waals surface area contributed by atoms with E-state index in [1.165, 1.54) is 6.07 Å². The number of benzene rings is 1. The summed E-state index contributed by atoms with van der Waals surface area (Å²) >= 11 is 0. The van der Waals surface area contributed by atoms with Gasteiger partial charge in [-0.05, 0) is 30.8 Å². The van der Waals surface area contributed by atoms with E-state index in [-0.39, 0.29) is 12.4 Å². The first-order valence-electron chi connectivity index (χ1n) is 6.05. The predicted molar refractivity (Wildman–Crippen MR) is 66.8 cm³/mol. The van der Waals surface area contributed by atoms with Crippen LogP contribution in [0.5, 0.6) is 5.75 Å². The van der Waals surface area contributed by atoms with Crippen LogP contribution in [0.15, 0.2) is 34.7 Å². The van der Waals surface area contributed by atoms with Crippen LogP contribution in [-0.2, 0) is 13.2 Å². The first-order valence-corrected chi connectivity index (χ1v) is 6.05. The van der Waals surface area contributed by atoms with Crippen LogP contribution in [0, 0.1) is 11.6 Å². The van der Waals surface area contributed by atoms with E-state index in [1.54, 1.807) is 6.07 Å². The lowest BCUT2D eigenvalue weighted by atomic mass is 10.3. The van der Waals surface area contributed by atoms with Gasteiger partial charge in [0.1, 0.15) is 23.9 Å². The molecule has 0 radical (unpaired) electrons. The van der Waals surface area contributed by atoms with Crippen LogP contribution in [0.2, 0.25) is 0 Å². The van der Waals surface area contributed by atoms with Crippen molar-refractivity contribution in [1.82, 2.24) is 5.32 Å². The number of rotatable bonds is 6. The van der Waals surface area contributed by atoms with Crippen LogP contribution < -0.4 is 10.1 Å². The largest absolute Gasteiger partial charge is 0.486 e. The molecule has 0 fully saturated rings. The molecule has 1 heterocycles. The molecular weight excluding hydrogens is 252 g/mol. The van der Waals surface area contributed by atoms with Crippen molar-refractivity contribution in [3.05, 3.63) is 53.5 Å². The van der Waals surface area contributed by atoms with Gasteiger partial charge in [0.15, 0.2) is 11.6 Å². The predicted octanol–water partition coefficient (Wildman–Crippen LogP) is 3.25. The van der Waals surface area contributed by atoms with Gasteiger partial charge in [0.25, 0.3) is 0 Å². The molecule has 1 aromatic heterocycles. The number of ether oxygens (including phenoxy) is 1. The summed E-state index contributed by atoms with van der Waals surface area (Å²) in [6.07, 6.45) is 0. The van der Waals surface area contributed by atoms with Gasteiger partial charge in [0, 0.05) is 6.07 Å². The van der Waals surface area contributed by atoms with E-state index in [2.05, 4.69) is 5.32 Å². The normalized spacial score (nSPS) is 10.7. The second-order valence-corrected chi connectivity index (χ2v) is 4.01. The van der Waals surface area contributed by atoms with Crippen LogP contribution in [0.1, 0.15) is 18.4 Å². The Morgan fingerprint density at radius 3 is 2.63 bits per heavy atom. The van der Waals surface area contributed by atoms with E-state index in [4.69, 9.17) is 9.15 Å². The van der Waals surface area contributed by atoms with Gasteiger partial charge in [-0.1, -0.05) is 6.92 Å². The lowest BCUT2D eigenvalue weighted by molar-refractivity contribution is 0.263. The zero-order valence-electron chi connectivity index (χ0n) is 10.6. The summed E-state index contributed by atoms with van der Waals surface area (Å²) in [5, 5.41) is 3.14. The molecule has 0 unspecified atom stereocenters. The Morgan fingerprint density at radius 2 is 1.89 bits per heavy atom. The molecule has 2 rings (SSSR count). The second kappa shape index (κ2) is 6.33. The summed E-state index contributed by atoms with van der Waals surface area (Å²) in [5.74, 6) is -0.102. The van der Waals surface area contributed by atoms with Crippen molar-refractivity contribution in [3.8, 4) is 5.75 Å². The van der Waals surface area contributed by atoms with Crippen molar-refractivity contribution >= 4 is 0 Å². The molecule has 2 aromatic rings. The molecular formula is C14H15F2NO2. The molecule has 3 nitrogen and oxygen atoms in total. The van der Waals surface area contributed by atoms with Gasteiger partial charge in [-0.3, -0.25) is 0 Å². The van der Waals surface area contributed by atoms with Crippen molar-refractivity contribution in [3.63, 3.8) is 0 Å². The van der Waals surface area contributed by atoms with Crippen molar-refractivity contribution < 1.29 is 17.9 Å². The SMILES string of the molecule is CCNCc1ccc(COc2ccc(F)c(F)c2)o1. The molecule has 102 valence electrons. The summed E-state index contributed by atoms with van der Waals surface area (Å²) in [5.41, 5.74) is 0. The molecule has 0 saturated carbocycles. The quantitative estimate of drug-likeness (QED) is 0.872. The van der Waals surface area contributed by atoms with Crippen molar-refractivity contribution in [1.29, 1.82) is 0 Å². The van der Waals surface area contributed by atoms with E-state index >= 15 is 0 Å². The van der Waals surface area contributed by atoms with E-state index in [9.17, 15) is 8.78 Å². The Labute approximate surface area is 110 Å². The van der Waals surface area contributed by atoms with Gasteiger partial charge in [-0.15, -0.1) is 0 Å². The third-order valence-corrected chi connectivity index (χ3v) is 2.54. The molecule has 0 amide bonds. The smallest absolute Gasteiger partial charge is 0.162 e. The maximum absolute atomic E-state index is 13.0. The molecule has 5 heteroatoms. The molecule has 0 saturated heterocycles. The Hall–Kier alpha value is -1.88. The summed E-state index contributed by atoms with van der Waals surface area (Å²) in [6, 6.07) is 7.07. The Kier molecular flexibility index (Phi) is 4.52. The van der Waals surface area contributed by atoms with Crippen LogP contribution in [-0.4, -0.2) is 6.54 Å². The minimum Gasteiger partial charge on any atom is -0.486 e. The fraction of sp³-hybridized carbons (Fsp3) is 0.286. The Bertz CT molecular complexity index is 540. The van der Waals surface area contributed by atoms with Crippen LogP contribution in [0.3, 0.4) is 0 Å². The van der Waals surface area contributed by atoms with Gasteiger partial charge < -0.3 is 14.5 Å². The molecule has 0 spiro atoms. The highest BCUT2D eigenvalue weighted by atomic mass is 19.2. The lowest BCUT2D eigenvalue weighted by Gasteiger charge is -2.04. The first kappa shape index (κ1) is 13.5. The van der Waals surface area contributed by atoms with Gasteiger partial charge in [-0.25, -0.2) is 8.78 Å².